The topological polar surface area (TPSA) is 87.1 Å². The predicted molar refractivity (Wildman–Crippen MR) is 102 cm³/mol. The summed E-state index contributed by atoms with van der Waals surface area (Å²) >= 11 is 0. The molecule has 3 aromatic rings. The van der Waals surface area contributed by atoms with Crippen molar-refractivity contribution in [3.05, 3.63) is 77.6 Å². The summed E-state index contributed by atoms with van der Waals surface area (Å²) in [6, 6.07) is 18.6. The maximum Gasteiger partial charge on any atom is 0.335 e. The molecular weight excluding hydrogens is 328 g/mol. The molecule has 0 saturated heterocycles. The highest BCUT2D eigenvalue weighted by atomic mass is 16.4. The fraction of sp³-hybridized carbons (Fsp3) is 0.150. The summed E-state index contributed by atoms with van der Waals surface area (Å²) in [6.45, 7) is 3.90. The van der Waals surface area contributed by atoms with Gasteiger partial charge < -0.3 is 15.7 Å². The summed E-state index contributed by atoms with van der Waals surface area (Å²) in [7, 11) is 0. The number of rotatable bonds is 6. The molecule has 0 saturated carbocycles. The molecule has 3 N–H and O–H groups in total. The van der Waals surface area contributed by atoms with Crippen molar-refractivity contribution >= 4 is 23.3 Å². The molecule has 2 aromatic carbocycles. The third kappa shape index (κ3) is 4.36. The molecule has 0 aliphatic heterocycles. The van der Waals surface area contributed by atoms with Gasteiger partial charge in [0.1, 0.15) is 17.5 Å². The monoisotopic (exact) mass is 348 g/mol. The van der Waals surface area contributed by atoms with E-state index in [1.165, 1.54) is 5.56 Å². The standard InChI is InChI=1S/C20H20N4O2/c1-13(15-6-4-3-5-7-15)21-18-12-19(23-14(2)22-18)24-17-10-8-16(9-11-17)20(25)26/h3-13H,1-2H3,(H,25,26)(H2,21,22,23,24). The molecule has 0 fully saturated rings. The van der Waals surface area contributed by atoms with Crippen molar-refractivity contribution in [1.82, 2.24) is 9.97 Å². The molecule has 132 valence electrons. The molecule has 0 amide bonds. The highest BCUT2D eigenvalue weighted by molar-refractivity contribution is 5.88. The van der Waals surface area contributed by atoms with Crippen LogP contribution in [0.5, 0.6) is 0 Å². The third-order valence-corrected chi connectivity index (χ3v) is 3.91. The van der Waals surface area contributed by atoms with Gasteiger partial charge >= 0.3 is 5.97 Å². The Morgan fingerprint density at radius 3 is 2.31 bits per heavy atom. The molecule has 1 heterocycles. The second-order valence-electron chi connectivity index (χ2n) is 5.97. The van der Waals surface area contributed by atoms with Crippen LogP contribution >= 0.6 is 0 Å². The fourth-order valence-electron chi connectivity index (χ4n) is 2.60. The summed E-state index contributed by atoms with van der Waals surface area (Å²) in [5, 5.41) is 15.5. The van der Waals surface area contributed by atoms with Gasteiger partial charge in [-0.3, -0.25) is 0 Å². The first kappa shape index (κ1) is 17.4. The lowest BCUT2D eigenvalue weighted by Gasteiger charge is -2.16. The van der Waals surface area contributed by atoms with Crippen LogP contribution in [0.2, 0.25) is 0 Å². The highest BCUT2D eigenvalue weighted by Crippen LogP contribution is 2.22. The number of hydrogen-bond donors (Lipinski definition) is 3. The number of carboxylic acids is 1. The molecule has 6 heteroatoms. The summed E-state index contributed by atoms with van der Waals surface area (Å²) in [5.74, 6) is 1.05. The zero-order chi connectivity index (χ0) is 18.5. The zero-order valence-electron chi connectivity index (χ0n) is 14.6. The second-order valence-corrected chi connectivity index (χ2v) is 5.97. The van der Waals surface area contributed by atoms with Crippen LogP contribution in [0.3, 0.4) is 0 Å². The molecule has 6 nitrogen and oxygen atoms in total. The number of aromatic carboxylic acids is 1. The van der Waals surface area contributed by atoms with Gasteiger partial charge in [0.25, 0.3) is 0 Å². The Kier molecular flexibility index (Phi) is 5.12. The van der Waals surface area contributed by atoms with Crippen molar-refractivity contribution in [3.8, 4) is 0 Å². The van der Waals surface area contributed by atoms with E-state index in [4.69, 9.17) is 5.11 Å². The number of carbonyl (C=O) groups is 1. The number of hydrogen-bond acceptors (Lipinski definition) is 5. The summed E-state index contributed by atoms with van der Waals surface area (Å²) in [5.41, 5.74) is 2.17. The number of benzene rings is 2. The number of anilines is 3. The Morgan fingerprint density at radius 2 is 1.65 bits per heavy atom. The van der Waals surface area contributed by atoms with Crippen molar-refractivity contribution in [2.24, 2.45) is 0 Å². The van der Waals surface area contributed by atoms with Crippen molar-refractivity contribution in [2.45, 2.75) is 19.9 Å². The number of aromatic nitrogens is 2. The normalized spacial score (nSPS) is 11.6. The molecular formula is C20H20N4O2. The van der Waals surface area contributed by atoms with Crippen LogP contribution in [0.4, 0.5) is 17.3 Å². The quantitative estimate of drug-likeness (QED) is 0.612. The molecule has 3 rings (SSSR count). The molecule has 0 aliphatic carbocycles. The Labute approximate surface area is 152 Å². The lowest BCUT2D eigenvalue weighted by atomic mass is 10.1. The lowest BCUT2D eigenvalue weighted by Crippen LogP contribution is -2.09. The maximum absolute atomic E-state index is 10.9. The van der Waals surface area contributed by atoms with Crippen LogP contribution < -0.4 is 10.6 Å². The molecule has 0 aliphatic rings. The van der Waals surface area contributed by atoms with Gasteiger partial charge in [0.15, 0.2) is 0 Å². The average Bonchev–Trinajstić information content (AvgIpc) is 2.62. The lowest BCUT2D eigenvalue weighted by molar-refractivity contribution is 0.0697. The fourth-order valence-corrected chi connectivity index (χ4v) is 2.60. The van der Waals surface area contributed by atoms with E-state index in [0.29, 0.717) is 11.6 Å². The third-order valence-electron chi connectivity index (χ3n) is 3.91. The van der Waals surface area contributed by atoms with Gasteiger partial charge in [0, 0.05) is 17.8 Å². The molecule has 1 aromatic heterocycles. The van der Waals surface area contributed by atoms with Crippen LogP contribution in [-0.4, -0.2) is 21.0 Å². The summed E-state index contributed by atoms with van der Waals surface area (Å²) in [6.07, 6.45) is 0. The van der Waals surface area contributed by atoms with Gasteiger partial charge in [0.05, 0.1) is 5.56 Å². The van der Waals surface area contributed by atoms with E-state index in [2.05, 4.69) is 39.7 Å². The SMILES string of the molecule is Cc1nc(Nc2ccc(C(=O)O)cc2)cc(NC(C)c2ccccc2)n1. The predicted octanol–water partition coefficient (Wildman–Crippen LogP) is 4.40. The largest absolute Gasteiger partial charge is 0.478 e. The van der Waals surface area contributed by atoms with Crippen LogP contribution in [0, 0.1) is 6.92 Å². The van der Waals surface area contributed by atoms with E-state index in [1.807, 2.05) is 31.2 Å². The maximum atomic E-state index is 10.9. The van der Waals surface area contributed by atoms with Crippen molar-refractivity contribution in [3.63, 3.8) is 0 Å². The Bertz CT molecular complexity index is 895. The Balaban J connectivity index is 1.76. The first-order chi connectivity index (χ1) is 12.5. The first-order valence-corrected chi connectivity index (χ1v) is 8.29. The van der Waals surface area contributed by atoms with Crippen molar-refractivity contribution in [2.75, 3.05) is 10.6 Å². The van der Waals surface area contributed by atoms with E-state index in [-0.39, 0.29) is 11.6 Å². The van der Waals surface area contributed by atoms with Crippen molar-refractivity contribution in [1.29, 1.82) is 0 Å². The molecule has 26 heavy (non-hydrogen) atoms. The highest BCUT2D eigenvalue weighted by Gasteiger charge is 2.08. The van der Waals surface area contributed by atoms with Gasteiger partial charge in [-0.1, -0.05) is 30.3 Å². The van der Waals surface area contributed by atoms with Gasteiger partial charge in [-0.25, -0.2) is 14.8 Å². The van der Waals surface area contributed by atoms with Crippen LogP contribution in [-0.2, 0) is 0 Å². The minimum atomic E-state index is -0.948. The second kappa shape index (κ2) is 7.65. The van der Waals surface area contributed by atoms with E-state index < -0.39 is 5.97 Å². The van der Waals surface area contributed by atoms with E-state index in [9.17, 15) is 4.79 Å². The smallest absolute Gasteiger partial charge is 0.335 e. The Morgan fingerprint density at radius 1 is 1.00 bits per heavy atom. The molecule has 0 radical (unpaired) electrons. The molecule has 1 atom stereocenters. The number of carboxylic acid groups (broad SMARTS) is 1. The minimum absolute atomic E-state index is 0.105. The number of nitrogens with one attached hydrogen (secondary N) is 2. The zero-order valence-corrected chi connectivity index (χ0v) is 14.6. The Hall–Kier alpha value is -3.41. The average molecular weight is 348 g/mol. The minimum Gasteiger partial charge on any atom is -0.478 e. The van der Waals surface area contributed by atoms with Crippen molar-refractivity contribution < 1.29 is 9.90 Å². The summed E-state index contributed by atoms with van der Waals surface area (Å²) in [4.78, 5) is 19.8. The number of aryl methyl sites for hydroxylation is 1. The van der Waals surface area contributed by atoms with Gasteiger partial charge in [-0.2, -0.15) is 0 Å². The van der Waals surface area contributed by atoms with E-state index >= 15 is 0 Å². The van der Waals surface area contributed by atoms with Gasteiger partial charge in [0.2, 0.25) is 0 Å². The van der Waals surface area contributed by atoms with Gasteiger partial charge in [-0.15, -0.1) is 0 Å². The molecule has 0 spiro atoms. The van der Waals surface area contributed by atoms with E-state index in [1.54, 1.807) is 24.3 Å². The number of nitrogens with zero attached hydrogens (tertiary/aromatic N) is 2. The van der Waals surface area contributed by atoms with Gasteiger partial charge in [-0.05, 0) is 43.7 Å². The van der Waals surface area contributed by atoms with Crippen LogP contribution in [0.1, 0.15) is 34.7 Å². The first-order valence-electron chi connectivity index (χ1n) is 8.29. The van der Waals surface area contributed by atoms with Crippen LogP contribution in [0.25, 0.3) is 0 Å². The summed E-state index contributed by atoms with van der Waals surface area (Å²) < 4.78 is 0. The molecule has 1 unspecified atom stereocenters. The van der Waals surface area contributed by atoms with Crippen LogP contribution in [0.15, 0.2) is 60.7 Å². The van der Waals surface area contributed by atoms with E-state index in [0.717, 1.165) is 11.5 Å². The molecule has 0 bridgehead atoms.